The summed E-state index contributed by atoms with van der Waals surface area (Å²) in [7, 11) is 0. The van der Waals surface area contributed by atoms with Crippen molar-refractivity contribution in [2.75, 3.05) is 6.61 Å². The summed E-state index contributed by atoms with van der Waals surface area (Å²) in [5.41, 5.74) is -4.43. The molecule has 0 amide bonds. The van der Waals surface area contributed by atoms with E-state index in [4.69, 9.17) is 18.9 Å². The van der Waals surface area contributed by atoms with Gasteiger partial charge in [0.25, 0.3) is 0 Å². The van der Waals surface area contributed by atoms with E-state index in [-0.39, 0.29) is 18.4 Å². The summed E-state index contributed by atoms with van der Waals surface area (Å²) in [5.74, 6) is -1.81. The molecule has 0 aromatic rings. The predicted octanol–water partition coefficient (Wildman–Crippen LogP) is 0.491. The molecule has 0 spiro atoms. The molecule has 14 atom stereocenters. The molecule has 1 aliphatic carbocycles. The van der Waals surface area contributed by atoms with E-state index in [2.05, 4.69) is 0 Å². The molecule has 1 saturated carbocycles. The van der Waals surface area contributed by atoms with Gasteiger partial charge in [0.05, 0.1) is 31.0 Å². The maximum absolute atomic E-state index is 13.2. The molecule has 2 heterocycles. The van der Waals surface area contributed by atoms with E-state index < -0.39 is 83.6 Å². The minimum absolute atomic E-state index is 0.135. The topological polar surface area (TPSA) is 175 Å². The third kappa shape index (κ3) is 6.17. The first-order valence-corrected chi connectivity index (χ1v) is 14.2. The number of carbonyl (C=O) groups is 1. The molecule has 3 aliphatic rings. The molecule has 11 heteroatoms. The summed E-state index contributed by atoms with van der Waals surface area (Å²) in [6.07, 6.45) is -9.11. The zero-order valence-electron chi connectivity index (χ0n) is 24.5. The summed E-state index contributed by atoms with van der Waals surface area (Å²) in [4.78, 5) is 13.2. The van der Waals surface area contributed by atoms with Crippen molar-refractivity contribution in [3.63, 3.8) is 0 Å². The average molecular weight is 563 g/mol. The average Bonchev–Trinajstić information content (AvgIpc) is 2.81. The van der Waals surface area contributed by atoms with Crippen molar-refractivity contribution in [1.29, 1.82) is 0 Å². The van der Waals surface area contributed by atoms with Crippen LogP contribution in [0, 0.1) is 23.2 Å². The van der Waals surface area contributed by atoms with Crippen LogP contribution in [0.15, 0.2) is 0 Å². The molecule has 39 heavy (non-hydrogen) atoms. The van der Waals surface area contributed by atoms with Gasteiger partial charge in [0.2, 0.25) is 0 Å². The second-order valence-electron chi connectivity index (χ2n) is 13.4. The molecule has 2 saturated heterocycles. The lowest BCUT2D eigenvalue weighted by molar-refractivity contribution is -0.333. The van der Waals surface area contributed by atoms with E-state index in [9.17, 15) is 35.4 Å². The van der Waals surface area contributed by atoms with Gasteiger partial charge in [-0.05, 0) is 59.3 Å². The highest BCUT2D eigenvalue weighted by Gasteiger charge is 2.63. The van der Waals surface area contributed by atoms with E-state index in [1.165, 1.54) is 13.8 Å². The number of hydrogen-bond donors (Lipinski definition) is 6. The first-order chi connectivity index (χ1) is 17.9. The summed E-state index contributed by atoms with van der Waals surface area (Å²) < 4.78 is 23.5. The highest BCUT2D eigenvalue weighted by atomic mass is 16.7. The normalized spacial score (nSPS) is 49.5. The third-order valence-electron chi connectivity index (χ3n) is 9.01. The lowest BCUT2D eigenvalue weighted by atomic mass is 9.67. The van der Waals surface area contributed by atoms with Gasteiger partial charge < -0.3 is 49.6 Å². The number of hydrogen-bond acceptors (Lipinski definition) is 11. The largest absolute Gasteiger partial charge is 0.459 e. The van der Waals surface area contributed by atoms with Crippen LogP contribution in [0.1, 0.15) is 74.7 Å². The Morgan fingerprint density at radius 2 is 1.59 bits per heavy atom. The summed E-state index contributed by atoms with van der Waals surface area (Å²) in [6, 6.07) is 0. The summed E-state index contributed by atoms with van der Waals surface area (Å²) >= 11 is 0. The predicted molar refractivity (Wildman–Crippen MR) is 139 cm³/mol. The molecular formula is C28H50O11. The monoisotopic (exact) mass is 562 g/mol. The van der Waals surface area contributed by atoms with Crippen molar-refractivity contribution >= 4 is 5.97 Å². The van der Waals surface area contributed by atoms with Crippen LogP contribution in [-0.2, 0) is 23.7 Å². The fraction of sp³-hybridized carbons (Fsp3) is 0.964. The van der Waals surface area contributed by atoms with E-state index in [1.54, 1.807) is 20.8 Å². The van der Waals surface area contributed by atoms with Crippen molar-refractivity contribution in [3.8, 4) is 0 Å². The van der Waals surface area contributed by atoms with Crippen LogP contribution >= 0.6 is 0 Å². The van der Waals surface area contributed by atoms with Crippen molar-refractivity contribution in [3.05, 3.63) is 0 Å². The SMILES string of the molecule is CCCC1OC(C2C(C)CC(C)C(OC3OCC(C)(O)C(C)(C(=O)OC(C)(C)C)C3O)C2O)C(O)C(O)C1O. The number of aliphatic hydroxyl groups is 6. The van der Waals surface area contributed by atoms with Crippen LogP contribution < -0.4 is 0 Å². The molecule has 228 valence electrons. The summed E-state index contributed by atoms with van der Waals surface area (Å²) in [5, 5.41) is 65.8. The standard InChI is InChI=1S/C28H50O11/c1-9-10-15-17(29)19(31)20(32)22(37-15)16-13(2)11-14(3)21(18(16)30)38-24-23(33)28(8,27(7,35)12-36-24)25(34)39-26(4,5)6/h13-24,29-33,35H,9-12H2,1-8H3. The van der Waals surface area contributed by atoms with Gasteiger partial charge in [0.1, 0.15) is 41.0 Å². The molecule has 0 bridgehead atoms. The Morgan fingerprint density at radius 3 is 2.15 bits per heavy atom. The van der Waals surface area contributed by atoms with Crippen LogP contribution in [0.2, 0.25) is 0 Å². The van der Waals surface area contributed by atoms with Gasteiger partial charge in [0, 0.05) is 5.92 Å². The molecule has 6 N–H and O–H groups in total. The highest BCUT2D eigenvalue weighted by Crippen LogP contribution is 2.46. The zero-order valence-corrected chi connectivity index (χ0v) is 24.5. The molecule has 2 aliphatic heterocycles. The Bertz CT molecular complexity index is 844. The van der Waals surface area contributed by atoms with Gasteiger partial charge >= 0.3 is 5.97 Å². The van der Waals surface area contributed by atoms with Gasteiger partial charge in [-0.25, -0.2) is 0 Å². The van der Waals surface area contributed by atoms with Crippen molar-refractivity contribution in [2.45, 2.75) is 141 Å². The van der Waals surface area contributed by atoms with E-state index in [0.717, 1.165) is 0 Å². The Balaban J connectivity index is 1.85. The van der Waals surface area contributed by atoms with Crippen LogP contribution in [0.25, 0.3) is 0 Å². The number of rotatable bonds is 6. The Hall–Kier alpha value is -0.890. The van der Waals surface area contributed by atoms with Gasteiger partial charge in [-0.2, -0.15) is 0 Å². The quantitative estimate of drug-likeness (QED) is 0.249. The Kier molecular flexibility index (Phi) is 9.85. The highest BCUT2D eigenvalue weighted by molar-refractivity contribution is 5.79. The van der Waals surface area contributed by atoms with Crippen LogP contribution in [-0.4, -0.2) is 110 Å². The van der Waals surface area contributed by atoms with Gasteiger partial charge in [-0.3, -0.25) is 4.79 Å². The molecular weight excluding hydrogens is 512 g/mol. The molecule has 3 rings (SSSR count). The molecule has 0 aromatic heterocycles. The minimum Gasteiger partial charge on any atom is -0.459 e. The smallest absolute Gasteiger partial charge is 0.318 e. The van der Waals surface area contributed by atoms with Crippen LogP contribution in [0.3, 0.4) is 0 Å². The minimum atomic E-state index is -1.80. The number of carbonyl (C=O) groups excluding carboxylic acids is 1. The fourth-order valence-corrected chi connectivity index (χ4v) is 6.39. The lowest BCUT2D eigenvalue weighted by Crippen LogP contribution is -2.68. The zero-order chi connectivity index (χ0) is 29.7. The van der Waals surface area contributed by atoms with Crippen molar-refractivity contribution < 1.29 is 54.4 Å². The fourth-order valence-electron chi connectivity index (χ4n) is 6.39. The number of aliphatic hydroxyl groups excluding tert-OH is 5. The lowest BCUT2D eigenvalue weighted by Gasteiger charge is -2.53. The first kappa shape index (κ1) is 32.6. The van der Waals surface area contributed by atoms with Crippen LogP contribution in [0.4, 0.5) is 0 Å². The molecule has 0 aromatic carbocycles. The Morgan fingerprint density at radius 1 is 0.974 bits per heavy atom. The molecule has 14 unspecified atom stereocenters. The van der Waals surface area contributed by atoms with Gasteiger partial charge in [0.15, 0.2) is 6.29 Å². The number of ether oxygens (including phenoxy) is 4. The van der Waals surface area contributed by atoms with E-state index in [1.807, 2.05) is 20.8 Å². The van der Waals surface area contributed by atoms with Crippen molar-refractivity contribution in [2.24, 2.45) is 23.2 Å². The Labute approximate surface area is 231 Å². The third-order valence-corrected chi connectivity index (χ3v) is 9.01. The molecule has 0 radical (unpaired) electrons. The second kappa shape index (κ2) is 11.8. The van der Waals surface area contributed by atoms with Gasteiger partial charge in [-0.1, -0.05) is 27.2 Å². The first-order valence-electron chi connectivity index (χ1n) is 14.2. The van der Waals surface area contributed by atoms with Crippen molar-refractivity contribution in [1.82, 2.24) is 0 Å². The molecule has 11 nitrogen and oxygen atoms in total. The van der Waals surface area contributed by atoms with E-state index in [0.29, 0.717) is 19.3 Å². The maximum Gasteiger partial charge on any atom is 0.318 e. The van der Waals surface area contributed by atoms with E-state index >= 15 is 0 Å². The van der Waals surface area contributed by atoms with Crippen LogP contribution in [0.5, 0.6) is 0 Å². The maximum atomic E-state index is 13.2. The molecule has 3 fully saturated rings. The second-order valence-corrected chi connectivity index (χ2v) is 13.4. The van der Waals surface area contributed by atoms with Gasteiger partial charge in [-0.15, -0.1) is 0 Å². The number of esters is 1. The summed E-state index contributed by atoms with van der Waals surface area (Å²) in [6.45, 7) is 13.3.